The zero-order chi connectivity index (χ0) is 14.5. The van der Waals surface area contributed by atoms with Gasteiger partial charge in [-0.15, -0.1) is 0 Å². The Kier molecular flexibility index (Phi) is 1.94. The first-order valence-electron chi connectivity index (χ1n) is 8.17. The van der Waals surface area contributed by atoms with E-state index in [4.69, 9.17) is 11.1 Å². The number of hydrogen-bond acceptors (Lipinski definition) is 2. The van der Waals surface area contributed by atoms with Crippen LogP contribution >= 0.6 is 0 Å². The summed E-state index contributed by atoms with van der Waals surface area (Å²) in [6.45, 7) is 2.43. The Balaban J connectivity index is 1.66. The van der Waals surface area contributed by atoms with Gasteiger partial charge < -0.3 is 0 Å². The van der Waals surface area contributed by atoms with Crippen LogP contribution in [-0.2, 0) is 0 Å². The van der Waals surface area contributed by atoms with Gasteiger partial charge in [0.15, 0.2) is 0 Å². The topological polar surface area (TPSA) is 97.5 Å². The van der Waals surface area contributed by atoms with E-state index >= 15 is 0 Å². The maximum absolute atomic E-state index is 9.00. The van der Waals surface area contributed by atoms with Crippen molar-refractivity contribution >= 4 is 0 Å². The summed E-state index contributed by atoms with van der Waals surface area (Å²) in [4.78, 5) is 6.37. The molecule has 7 rings (SSSR count). The minimum Gasteiger partial charge on any atom is -0.0872 e. The second kappa shape index (κ2) is 3.34. The normalized spacial score (nSPS) is 61.5. The molecule has 0 aromatic rings. The Morgan fingerprint density at radius 3 is 1.90 bits per heavy atom. The van der Waals surface area contributed by atoms with Crippen molar-refractivity contribution in [1.82, 2.24) is 0 Å². The first-order chi connectivity index (χ1) is 10.0. The lowest BCUT2D eigenvalue weighted by atomic mass is 9.29. The van der Waals surface area contributed by atoms with Gasteiger partial charge in [0.2, 0.25) is 0 Å². The molecule has 0 heterocycles. The lowest BCUT2D eigenvalue weighted by molar-refractivity contribution is -0.258. The zero-order valence-corrected chi connectivity index (χ0v) is 12.3. The molecule has 4 unspecified atom stereocenters. The van der Waals surface area contributed by atoms with Gasteiger partial charge in [-0.05, 0) is 84.6 Å². The highest BCUT2D eigenvalue weighted by Crippen LogP contribution is 2.78. The van der Waals surface area contributed by atoms with Gasteiger partial charge in [0, 0.05) is 20.9 Å². The molecule has 8 bridgehead atoms. The monoisotopic (exact) mass is 284 g/mol. The predicted octanol–water partition coefficient (Wildman–Crippen LogP) is 4.58. The molecule has 0 radical (unpaired) electrons. The predicted molar refractivity (Wildman–Crippen MR) is 77.0 cm³/mol. The van der Waals surface area contributed by atoms with E-state index in [2.05, 4.69) is 27.0 Å². The van der Waals surface area contributed by atoms with Gasteiger partial charge in [-0.25, -0.2) is 0 Å². The van der Waals surface area contributed by atoms with E-state index in [9.17, 15) is 0 Å². The van der Waals surface area contributed by atoms with Crippen LogP contribution in [0.1, 0.15) is 45.4 Å². The summed E-state index contributed by atoms with van der Waals surface area (Å²) in [6.07, 6.45) is 6.46. The van der Waals surface area contributed by atoms with Crippen LogP contribution in [0.5, 0.6) is 0 Å². The van der Waals surface area contributed by atoms with Gasteiger partial charge in [-0.3, -0.25) is 0 Å². The fourth-order valence-corrected chi connectivity index (χ4v) is 7.84. The molecule has 0 spiro atoms. The fourth-order valence-electron chi connectivity index (χ4n) is 7.84. The summed E-state index contributed by atoms with van der Waals surface area (Å²) in [5.41, 5.74) is 18.1. The quantitative estimate of drug-likeness (QED) is 0.403. The van der Waals surface area contributed by atoms with E-state index in [-0.39, 0.29) is 11.1 Å². The van der Waals surface area contributed by atoms with Gasteiger partial charge in [0.1, 0.15) is 0 Å². The first kappa shape index (κ1) is 12.2. The van der Waals surface area contributed by atoms with Crippen LogP contribution in [0.15, 0.2) is 10.2 Å². The summed E-state index contributed by atoms with van der Waals surface area (Å²) in [5.74, 6) is 3.47. The summed E-state index contributed by atoms with van der Waals surface area (Å²) < 4.78 is 0. The van der Waals surface area contributed by atoms with Crippen molar-refractivity contribution in [2.75, 3.05) is 0 Å². The molecule has 0 aromatic carbocycles. The molecule has 110 valence electrons. The molecule has 0 amide bonds. The van der Waals surface area contributed by atoms with Crippen LogP contribution in [0.25, 0.3) is 20.9 Å². The Morgan fingerprint density at radius 1 is 0.810 bits per heavy atom. The Hall–Kier alpha value is -1.38. The van der Waals surface area contributed by atoms with E-state index in [1.54, 1.807) is 0 Å². The van der Waals surface area contributed by atoms with E-state index in [0.717, 1.165) is 38.5 Å². The molecule has 0 aromatic heterocycles. The standard InChI is InChI=1S/C15H20N6/c1-13-7-15(19-21-17)3-9-8-2-14(18-20-16,5-11(9)13)6-12(13)10(8)4-15/h8-12H,2-7H2,1H3. The largest absolute Gasteiger partial charge is 0.0872 e. The Morgan fingerprint density at radius 2 is 1.33 bits per heavy atom. The highest BCUT2D eigenvalue weighted by molar-refractivity contribution is 5.26. The average Bonchev–Trinajstić information content (AvgIpc) is 2.44. The van der Waals surface area contributed by atoms with Gasteiger partial charge >= 0.3 is 0 Å². The number of hydrogen-bond donors (Lipinski definition) is 0. The number of azide groups is 2. The Labute approximate surface area is 123 Å². The summed E-state index contributed by atoms with van der Waals surface area (Å²) in [5, 5.41) is 8.57. The van der Waals surface area contributed by atoms with E-state index in [1.165, 1.54) is 0 Å². The molecule has 6 heteroatoms. The van der Waals surface area contributed by atoms with Crippen molar-refractivity contribution in [2.45, 2.75) is 56.5 Å². The average molecular weight is 284 g/mol. The van der Waals surface area contributed by atoms with Crippen molar-refractivity contribution in [1.29, 1.82) is 0 Å². The Bertz CT molecular complexity index is 604. The third kappa shape index (κ3) is 1.19. The third-order valence-corrected chi connectivity index (χ3v) is 8.10. The SMILES string of the molecule is CC12CC3(N=[N+]=[N-])CC4C5CC(N=[N+]=[N-])(CC41)CC2C5C3. The van der Waals surface area contributed by atoms with Crippen molar-refractivity contribution in [3.05, 3.63) is 20.9 Å². The second-order valence-corrected chi connectivity index (χ2v) is 8.74. The molecule has 0 saturated heterocycles. The van der Waals surface area contributed by atoms with Crippen LogP contribution in [0.2, 0.25) is 0 Å². The van der Waals surface area contributed by atoms with Gasteiger partial charge in [0.25, 0.3) is 0 Å². The fraction of sp³-hybridized carbons (Fsp3) is 1.00. The van der Waals surface area contributed by atoms with Crippen molar-refractivity contribution < 1.29 is 0 Å². The minimum atomic E-state index is -0.0990. The third-order valence-electron chi connectivity index (χ3n) is 8.10. The van der Waals surface area contributed by atoms with Crippen LogP contribution < -0.4 is 0 Å². The lowest BCUT2D eigenvalue weighted by Gasteiger charge is -2.77. The molecule has 7 saturated carbocycles. The van der Waals surface area contributed by atoms with Gasteiger partial charge in [0.05, 0.1) is 0 Å². The first-order valence-corrected chi connectivity index (χ1v) is 8.17. The maximum Gasteiger partial charge on any atom is 0.0499 e. The molecule has 7 fully saturated rings. The molecule has 0 N–H and O–H groups in total. The van der Waals surface area contributed by atoms with Crippen molar-refractivity contribution in [3.63, 3.8) is 0 Å². The van der Waals surface area contributed by atoms with Gasteiger partial charge in [-0.2, -0.15) is 0 Å². The summed E-state index contributed by atoms with van der Waals surface area (Å²) in [7, 11) is 0. The molecular formula is C15H20N6. The molecule has 6 nitrogen and oxygen atoms in total. The molecule has 7 aliphatic carbocycles. The number of nitrogens with zero attached hydrogens (tertiary/aromatic N) is 6. The van der Waals surface area contributed by atoms with E-state index in [1.807, 2.05) is 0 Å². The molecule has 0 aliphatic heterocycles. The highest BCUT2D eigenvalue weighted by atomic mass is 15.2. The molecule has 4 atom stereocenters. The van der Waals surface area contributed by atoms with Crippen LogP contribution in [0.4, 0.5) is 0 Å². The van der Waals surface area contributed by atoms with Crippen LogP contribution in [0, 0.1) is 35.0 Å². The molecule has 7 aliphatic rings. The lowest BCUT2D eigenvalue weighted by Crippen LogP contribution is -2.73. The van der Waals surface area contributed by atoms with Crippen molar-refractivity contribution in [2.24, 2.45) is 45.2 Å². The van der Waals surface area contributed by atoms with E-state index in [0.29, 0.717) is 35.0 Å². The minimum absolute atomic E-state index is 0.0862. The second-order valence-electron chi connectivity index (χ2n) is 8.74. The summed E-state index contributed by atoms with van der Waals surface area (Å²) in [6, 6.07) is 0. The van der Waals surface area contributed by atoms with Crippen molar-refractivity contribution in [3.8, 4) is 0 Å². The molecule has 21 heavy (non-hydrogen) atoms. The zero-order valence-electron chi connectivity index (χ0n) is 12.3. The molecular weight excluding hydrogens is 264 g/mol. The summed E-state index contributed by atoms with van der Waals surface area (Å²) >= 11 is 0. The van der Waals surface area contributed by atoms with Crippen LogP contribution in [-0.4, -0.2) is 11.1 Å². The number of rotatable bonds is 2. The van der Waals surface area contributed by atoms with Gasteiger partial charge in [-0.1, -0.05) is 17.2 Å². The van der Waals surface area contributed by atoms with Crippen LogP contribution in [0.3, 0.4) is 0 Å². The highest BCUT2D eigenvalue weighted by Gasteiger charge is 2.74. The maximum atomic E-state index is 9.00. The van der Waals surface area contributed by atoms with E-state index < -0.39 is 0 Å². The smallest absolute Gasteiger partial charge is 0.0499 e.